The second-order valence-electron chi connectivity index (χ2n) is 6.81. The van der Waals surface area contributed by atoms with Gasteiger partial charge >= 0.3 is 0 Å². The lowest BCUT2D eigenvalue weighted by molar-refractivity contribution is -0.113. The molecule has 11 heteroatoms. The van der Waals surface area contributed by atoms with E-state index in [1.807, 2.05) is 25.1 Å². The zero-order valence-electron chi connectivity index (χ0n) is 16.9. The summed E-state index contributed by atoms with van der Waals surface area (Å²) in [5.41, 5.74) is 2.00. The third kappa shape index (κ3) is 4.94. The average Bonchev–Trinajstić information content (AvgIpc) is 3.40. The fourth-order valence-electron chi connectivity index (χ4n) is 2.92. The first-order valence-corrected chi connectivity index (χ1v) is 10.4. The molecule has 1 aliphatic heterocycles. The molecule has 0 fully saturated rings. The van der Waals surface area contributed by atoms with Crippen LogP contribution in [0.25, 0.3) is 0 Å². The Bertz CT molecular complexity index is 1100. The molecule has 1 aromatic heterocycles. The number of thioether (sulfide) groups is 1. The van der Waals surface area contributed by atoms with Gasteiger partial charge in [0, 0.05) is 18.3 Å². The lowest BCUT2D eigenvalue weighted by Gasteiger charge is -2.15. The Hall–Kier alpha value is -3.60. The van der Waals surface area contributed by atoms with Gasteiger partial charge in [0.2, 0.25) is 17.9 Å². The van der Waals surface area contributed by atoms with Gasteiger partial charge in [-0.25, -0.2) is 4.68 Å². The number of hydrogen-bond donors (Lipinski definition) is 2. The van der Waals surface area contributed by atoms with Crippen LogP contribution in [-0.2, 0) is 11.8 Å². The van der Waals surface area contributed by atoms with Crippen molar-refractivity contribution in [1.82, 2.24) is 25.5 Å². The van der Waals surface area contributed by atoms with Crippen molar-refractivity contribution in [1.29, 1.82) is 0 Å². The van der Waals surface area contributed by atoms with Crippen molar-refractivity contribution in [3.05, 3.63) is 53.6 Å². The minimum Gasteiger partial charge on any atom is -0.454 e. The van der Waals surface area contributed by atoms with E-state index >= 15 is 0 Å². The molecule has 2 heterocycles. The molecule has 0 saturated carbocycles. The Labute approximate surface area is 182 Å². The second kappa shape index (κ2) is 9.04. The number of rotatable bonds is 7. The van der Waals surface area contributed by atoms with Crippen molar-refractivity contribution >= 4 is 29.3 Å². The summed E-state index contributed by atoms with van der Waals surface area (Å²) in [6, 6.07) is 12.1. The van der Waals surface area contributed by atoms with Gasteiger partial charge in [-0.15, -0.1) is 5.10 Å². The number of aromatic nitrogens is 4. The first-order chi connectivity index (χ1) is 15.0. The fraction of sp³-hybridized carbons (Fsp3) is 0.250. The molecule has 0 bridgehead atoms. The molecule has 160 valence electrons. The van der Waals surface area contributed by atoms with Gasteiger partial charge in [-0.3, -0.25) is 9.59 Å². The standard InChI is InChI=1S/C20H20N6O4S/c1-12(14-5-8-16-17(9-14)30-11-29-16)21-19(28)13-3-6-15(7-4-13)22-18(27)10-31-20-23-24-25-26(20)2/h3-9,12H,10-11H2,1-2H3,(H,21,28)(H,22,27). The van der Waals surface area contributed by atoms with Crippen LogP contribution in [0.2, 0.25) is 0 Å². The van der Waals surface area contributed by atoms with Crippen molar-refractivity contribution in [2.24, 2.45) is 7.05 Å². The zero-order chi connectivity index (χ0) is 21.8. The van der Waals surface area contributed by atoms with Crippen LogP contribution in [0.1, 0.15) is 28.9 Å². The summed E-state index contributed by atoms with van der Waals surface area (Å²) in [4.78, 5) is 24.7. The largest absolute Gasteiger partial charge is 0.454 e. The van der Waals surface area contributed by atoms with Gasteiger partial charge in [0.1, 0.15) is 0 Å². The molecule has 0 spiro atoms. The molecule has 1 aliphatic rings. The number of nitrogens with zero attached hydrogens (tertiary/aromatic N) is 4. The molecule has 4 rings (SSSR count). The molecule has 2 N–H and O–H groups in total. The summed E-state index contributed by atoms with van der Waals surface area (Å²) in [5, 5.41) is 17.4. The third-order valence-corrected chi connectivity index (χ3v) is 5.60. The summed E-state index contributed by atoms with van der Waals surface area (Å²) < 4.78 is 12.2. The van der Waals surface area contributed by atoms with E-state index in [1.165, 1.54) is 16.4 Å². The molecule has 2 aromatic carbocycles. The molecule has 2 amide bonds. The molecule has 10 nitrogen and oxygen atoms in total. The number of carbonyl (C=O) groups excluding carboxylic acids is 2. The van der Waals surface area contributed by atoms with Crippen LogP contribution in [0.15, 0.2) is 47.6 Å². The number of hydrogen-bond acceptors (Lipinski definition) is 8. The number of anilines is 1. The van der Waals surface area contributed by atoms with Crippen LogP contribution in [0.3, 0.4) is 0 Å². The maximum absolute atomic E-state index is 12.6. The Balaban J connectivity index is 1.30. The highest BCUT2D eigenvalue weighted by atomic mass is 32.2. The quantitative estimate of drug-likeness (QED) is 0.536. The van der Waals surface area contributed by atoms with Crippen LogP contribution in [0, 0.1) is 0 Å². The van der Waals surface area contributed by atoms with Gasteiger partial charge in [-0.2, -0.15) is 0 Å². The summed E-state index contributed by atoms with van der Waals surface area (Å²) >= 11 is 1.24. The van der Waals surface area contributed by atoms with E-state index in [9.17, 15) is 9.59 Å². The fourth-order valence-corrected chi connectivity index (χ4v) is 3.57. The highest BCUT2D eigenvalue weighted by Gasteiger charge is 2.17. The number of fused-ring (bicyclic) bond motifs is 1. The van der Waals surface area contributed by atoms with Crippen LogP contribution in [-0.4, -0.2) is 44.6 Å². The maximum Gasteiger partial charge on any atom is 0.251 e. The monoisotopic (exact) mass is 440 g/mol. The minimum atomic E-state index is -0.214. The SMILES string of the molecule is CC(NC(=O)c1ccc(NC(=O)CSc2nnnn2C)cc1)c1ccc2c(c1)OCO2. The predicted molar refractivity (Wildman–Crippen MR) is 113 cm³/mol. The van der Waals surface area contributed by atoms with E-state index in [4.69, 9.17) is 9.47 Å². The number of aryl methyl sites for hydroxylation is 1. The summed E-state index contributed by atoms with van der Waals surface area (Å²) in [7, 11) is 1.71. The van der Waals surface area contributed by atoms with E-state index < -0.39 is 0 Å². The molecular formula is C20H20N6O4S. The van der Waals surface area contributed by atoms with Crippen molar-refractivity contribution in [3.63, 3.8) is 0 Å². The summed E-state index contributed by atoms with van der Waals surface area (Å²) in [5.74, 6) is 1.14. The van der Waals surface area contributed by atoms with E-state index in [0.717, 1.165) is 5.56 Å². The topological polar surface area (TPSA) is 120 Å². The van der Waals surface area contributed by atoms with Crippen molar-refractivity contribution in [3.8, 4) is 11.5 Å². The van der Waals surface area contributed by atoms with E-state index in [1.54, 1.807) is 31.3 Å². The van der Waals surface area contributed by atoms with Crippen LogP contribution in [0.4, 0.5) is 5.69 Å². The number of carbonyl (C=O) groups is 2. The highest BCUT2D eigenvalue weighted by molar-refractivity contribution is 7.99. The first kappa shape index (κ1) is 20.7. The van der Waals surface area contributed by atoms with Gasteiger partial charge < -0.3 is 20.1 Å². The Morgan fingerprint density at radius 2 is 1.94 bits per heavy atom. The zero-order valence-corrected chi connectivity index (χ0v) is 17.7. The number of benzene rings is 2. The normalized spacial score (nSPS) is 13.0. The van der Waals surface area contributed by atoms with Gasteiger partial charge in [0.25, 0.3) is 5.91 Å². The molecule has 1 atom stereocenters. The lowest BCUT2D eigenvalue weighted by atomic mass is 10.1. The molecule has 0 saturated heterocycles. The smallest absolute Gasteiger partial charge is 0.251 e. The highest BCUT2D eigenvalue weighted by Crippen LogP contribution is 2.34. The molecule has 0 radical (unpaired) electrons. The van der Waals surface area contributed by atoms with Gasteiger partial charge in [-0.05, 0) is 59.3 Å². The Morgan fingerprint density at radius 3 is 2.68 bits per heavy atom. The Morgan fingerprint density at radius 1 is 1.16 bits per heavy atom. The Kier molecular flexibility index (Phi) is 6.03. The van der Waals surface area contributed by atoms with E-state index in [0.29, 0.717) is 27.9 Å². The maximum atomic E-state index is 12.6. The van der Waals surface area contributed by atoms with Gasteiger partial charge in [-0.1, -0.05) is 17.8 Å². The van der Waals surface area contributed by atoms with Gasteiger partial charge in [0.05, 0.1) is 11.8 Å². The number of nitrogens with one attached hydrogen (secondary N) is 2. The molecule has 31 heavy (non-hydrogen) atoms. The van der Waals surface area contributed by atoms with Crippen molar-refractivity contribution < 1.29 is 19.1 Å². The molecule has 1 unspecified atom stereocenters. The molecule has 3 aromatic rings. The number of tetrazole rings is 1. The summed E-state index contributed by atoms with van der Waals surface area (Å²) in [6.45, 7) is 2.10. The average molecular weight is 440 g/mol. The second-order valence-corrected chi connectivity index (χ2v) is 7.75. The third-order valence-electron chi connectivity index (χ3n) is 4.59. The van der Waals surface area contributed by atoms with Crippen LogP contribution in [0.5, 0.6) is 11.5 Å². The van der Waals surface area contributed by atoms with Crippen molar-refractivity contribution in [2.75, 3.05) is 17.9 Å². The number of amides is 2. The predicted octanol–water partition coefficient (Wildman–Crippen LogP) is 2.16. The molecular weight excluding hydrogens is 420 g/mol. The lowest BCUT2D eigenvalue weighted by Crippen LogP contribution is -2.26. The van der Waals surface area contributed by atoms with Crippen molar-refractivity contribution in [2.45, 2.75) is 18.1 Å². The summed E-state index contributed by atoms with van der Waals surface area (Å²) in [6.07, 6.45) is 0. The van der Waals surface area contributed by atoms with Crippen LogP contribution < -0.4 is 20.1 Å². The van der Waals surface area contributed by atoms with E-state index in [2.05, 4.69) is 26.2 Å². The molecule has 0 aliphatic carbocycles. The van der Waals surface area contributed by atoms with Gasteiger partial charge in [0.15, 0.2) is 11.5 Å². The first-order valence-electron chi connectivity index (χ1n) is 9.45. The van der Waals surface area contributed by atoms with E-state index in [-0.39, 0.29) is 30.4 Å². The number of ether oxygens (including phenoxy) is 2. The van der Waals surface area contributed by atoms with Crippen LogP contribution >= 0.6 is 11.8 Å². The minimum absolute atomic E-state index is 0.170.